The van der Waals surface area contributed by atoms with E-state index >= 15 is 0 Å². The molecule has 0 aliphatic carbocycles. The fourth-order valence-corrected chi connectivity index (χ4v) is 2.74. The molecule has 1 aromatic heterocycles. The molecule has 0 saturated heterocycles. The molecule has 0 radical (unpaired) electrons. The normalized spacial score (nSPS) is 15.7. The van der Waals surface area contributed by atoms with Gasteiger partial charge in [0, 0.05) is 30.8 Å². The van der Waals surface area contributed by atoms with E-state index in [-0.39, 0.29) is 5.69 Å². The number of benzene rings is 1. The van der Waals surface area contributed by atoms with Crippen LogP contribution in [0.4, 0.5) is 11.4 Å². The smallest absolute Gasteiger partial charge is 0.271 e. The van der Waals surface area contributed by atoms with Gasteiger partial charge in [0.05, 0.1) is 17.2 Å². The maximum atomic E-state index is 11.1. The summed E-state index contributed by atoms with van der Waals surface area (Å²) < 4.78 is 6.65. The van der Waals surface area contributed by atoms with Crippen molar-refractivity contribution in [3.05, 3.63) is 63.6 Å². The zero-order valence-corrected chi connectivity index (χ0v) is 12.9. The number of nitro benzene ring substituents is 1. The molecule has 2 aromatic rings. The molecule has 23 heavy (non-hydrogen) atoms. The van der Waals surface area contributed by atoms with Gasteiger partial charge in [-0.25, -0.2) is 0 Å². The van der Waals surface area contributed by atoms with Crippen LogP contribution in [0.5, 0.6) is 5.75 Å². The van der Waals surface area contributed by atoms with E-state index in [1.165, 1.54) is 24.5 Å². The molecule has 3 rings (SSSR count). The molecular formula is C16H17N3O4. The second kappa shape index (κ2) is 5.42. The number of non-ortho nitro benzene ring substituents is 1. The fourth-order valence-electron chi connectivity index (χ4n) is 2.74. The molecular weight excluding hydrogens is 298 g/mol. The molecule has 1 aliphatic heterocycles. The van der Waals surface area contributed by atoms with Gasteiger partial charge < -0.3 is 14.8 Å². The summed E-state index contributed by atoms with van der Waals surface area (Å²) in [5.74, 6) is 0.627. The third-order valence-corrected chi connectivity index (χ3v) is 3.70. The number of nitro groups is 1. The van der Waals surface area contributed by atoms with Gasteiger partial charge in [0.1, 0.15) is 11.4 Å². The second-order valence-corrected chi connectivity index (χ2v) is 6.19. The van der Waals surface area contributed by atoms with Crippen molar-refractivity contribution in [3.8, 4) is 5.75 Å². The summed E-state index contributed by atoms with van der Waals surface area (Å²) in [5, 5.41) is 22.2. The molecule has 1 aromatic carbocycles. The first-order chi connectivity index (χ1) is 10.8. The van der Waals surface area contributed by atoms with Crippen LogP contribution in [0.15, 0.2) is 42.7 Å². The third kappa shape index (κ3) is 3.18. The fraction of sp³-hybridized carbons (Fsp3) is 0.312. The summed E-state index contributed by atoms with van der Waals surface area (Å²) in [5.41, 5.74) is 1.27. The first kappa shape index (κ1) is 15.1. The quantitative estimate of drug-likeness (QED) is 0.376. The first-order valence-electron chi connectivity index (χ1n) is 7.24. The van der Waals surface area contributed by atoms with Gasteiger partial charge >= 0.3 is 0 Å². The van der Waals surface area contributed by atoms with Gasteiger partial charge in [0.15, 0.2) is 12.4 Å². The number of anilines is 1. The monoisotopic (exact) mass is 315 g/mol. The van der Waals surface area contributed by atoms with Crippen LogP contribution in [0.25, 0.3) is 0 Å². The Kier molecular flexibility index (Phi) is 3.55. The number of hydrogen-bond acceptors (Lipinski definition) is 5. The predicted molar refractivity (Wildman–Crippen MR) is 84.3 cm³/mol. The highest BCUT2D eigenvalue weighted by Crippen LogP contribution is 2.39. The summed E-state index contributed by atoms with van der Waals surface area (Å²) >= 11 is 0. The van der Waals surface area contributed by atoms with Gasteiger partial charge in [0.2, 0.25) is 0 Å². The van der Waals surface area contributed by atoms with Gasteiger partial charge in [-0.05, 0) is 25.5 Å². The predicted octanol–water partition coefficient (Wildman–Crippen LogP) is 2.41. The standard InChI is InChI=1S/C16H17N3O4/c1-16(2)11-17(10-12-5-7-18(20)8-6-12)14-9-13(19(21)22)3-4-15(14)23-16/h3-9H,10-11H2,1-2H3. The van der Waals surface area contributed by atoms with Gasteiger partial charge in [-0.15, -0.1) is 0 Å². The minimum atomic E-state index is -0.416. The second-order valence-electron chi connectivity index (χ2n) is 6.19. The van der Waals surface area contributed by atoms with Crippen LogP contribution in [0.2, 0.25) is 0 Å². The maximum Gasteiger partial charge on any atom is 0.271 e. The number of rotatable bonds is 3. The van der Waals surface area contributed by atoms with E-state index in [9.17, 15) is 15.3 Å². The van der Waals surface area contributed by atoms with Gasteiger partial charge in [-0.2, -0.15) is 4.73 Å². The first-order valence-corrected chi connectivity index (χ1v) is 7.24. The molecule has 0 atom stereocenters. The minimum Gasteiger partial charge on any atom is -0.619 e. The Labute approximate surface area is 133 Å². The Morgan fingerprint density at radius 3 is 2.65 bits per heavy atom. The van der Waals surface area contributed by atoms with Crippen LogP contribution in [0.1, 0.15) is 19.4 Å². The number of ether oxygens (including phenoxy) is 1. The molecule has 0 spiro atoms. The number of nitrogens with zero attached hydrogens (tertiary/aromatic N) is 3. The van der Waals surface area contributed by atoms with E-state index in [2.05, 4.69) is 0 Å². The number of fused-ring (bicyclic) bond motifs is 1. The van der Waals surface area contributed by atoms with E-state index in [0.717, 1.165) is 10.3 Å². The molecule has 2 heterocycles. The van der Waals surface area contributed by atoms with E-state index in [0.29, 0.717) is 24.5 Å². The Hall–Kier alpha value is -2.83. The van der Waals surface area contributed by atoms with Crippen molar-refractivity contribution in [3.63, 3.8) is 0 Å². The SMILES string of the molecule is CC1(C)CN(Cc2cc[n+]([O-])cc2)c2cc([N+](=O)[O-])ccc2O1. The van der Waals surface area contributed by atoms with Gasteiger partial charge in [-0.1, -0.05) is 0 Å². The summed E-state index contributed by atoms with van der Waals surface area (Å²) in [7, 11) is 0. The zero-order chi connectivity index (χ0) is 16.6. The molecule has 1 aliphatic rings. The molecule has 7 nitrogen and oxygen atoms in total. The topological polar surface area (TPSA) is 82.5 Å². The van der Waals surface area contributed by atoms with Crippen molar-refractivity contribution in [1.82, 2.24) is 0 Å². The Balaban J connectivity index is 1.97. The van der Waals surface area contributed by atoms with Crippen molar-refractivity contribution >= 4 is 11.4 Å². The van der Waals surface area contributed by atoms with Crippen molar-refractivity contribution in [2.75, 3.05) is 11.4 Å². The molecule has 0 saturated carbocycles. The third-order valence-electron chi connectivity index (χ3n) is 3.70. The van der Waals surface area contributed by atoms with Crippen molar-refractivity contribution in [2.45, 2.75) is 26.0 Å². The van der Waals surface area contributed by atoms with E-state index in [4.69, 9.17) is 4.74 Å². The van der Waals surface area contributed by atoms with Crippen LogP contribution >= 0.6 is 0 Å². The van der Waals surface area contributed by atoms with Crippen molar-refractivity contribution in [2.24, 2.45) is 0 Å². The molecule has 7 heteroatoms. The summed E-state index contributed by atoms with van der Waals surface area (Å²) in [6, 6.07) is 8.10. The molecule has 0 bridgehead atoms. The van der Waals surface area contributed by atoms with Crippen LogP contribution < -0.4 is 14.4 Å². The van der Waals surface area contributed by atoms with Crippen LogP contribution in [-0.2, 0) is 6.54 Å². The highest BCUT2D eigenvalue weighted by atomic mass is 16.6. The van der Waals surface area contributed by atoms with Gasteiger partial charge in [-0.3, -0.25) is 10.1 Å². The Morgan fingerprint density at radius 1 is 1.30 bits per heavy atom. The summed E-state index contributed by atoms with van der Waals surface area (Å²) in [4.78, 5) is 12.6. The van der Waals surface area contributed by atoms with Crippen molar-refractivity contribution in [1.29, 1.82) is 0 Å². The highest BCUT2D eigenvalue weighted by Gasteiger charge is 2.32. The molecule has 0 N–H and O–H groups in total. The van der Waals surface area contributed by atoms with Crippen molar-refractivity contribution < 1.29 is 14.4 Å². The number of pyridine rings is 1. The highest BCUT2D eigenvalue weighted by molar-refractivity contribution is 5.65. The number of hydrogen-bond donors (Lipinski definition) is 0. The average molecular weight is 315 g/mol. The van der Waals surface area contributed by atoms with Crippen LogP contribution in [-0.4, -0.2) is 17.1 Å². The minimum absolute atomic E-state index is 0.0301. The van der Waals surface area contributed by atoms with Gasteiger partial charge in [0.25, 0.3) is 5.69 Å². The lowest BCUT2D eigenvalue weighted by atomic mass is 10.0. The van der Waals surface area contributed by atoms with Crippen LogP contribution in [0.3, 0.4) is 0 Å². The summed E-state index contributed by atoms with van der Waals surface area (Å²) in [6.45, 7) is 5.08. The van der Waals surface area contributed by atoms with E-state index in [1.54, 1.807) is 18.2 Å². The zero-order valence-electron chi connectivity index (χ0n) is 12.9. The molecule has 0 fully saturated rings. The molecule has 120 valence electrons. The Morgan fingerprint density at radius 2 is 2.00 bits per heavy atom. The van der Waals surface area contributed by atoms with E-state index < -0.39 is 10.5 Å². The maximum absolute atomic E-state index is 11.1. The Bertz CT molecular complexity index is 743. The molecule has 0 amide bonds. The van der Waals surface area contributed by atoms with Crippen LogP contribution in [0, 0.1) is 15.3 Å². The summed E-state index contributed by atoms with van der Waals surface area (Å²) in [6.07, 6.45) is 2.88. The average Bonchev–Trinajstić information content (AvgIpc) is 2.48. The largest absolute Gasteiger partial charge is 0.619 e. The number of aromatic nitrogens is 1. The lowest BCUT2D eigenvalue weighted by Gasteiger charge is -2.40. The lowest BCUT2D eigenvalue weighted by molar-refractivity contribution is -0.605. The lowest BCUT2D eigenvalue weighted by Crippen LogP contribution is -2.46. The van der Waals surface area contributed by atoms with E-state index in [1.807, 2.05) is 18.7 Å². The molecule has 0 unspecified atom stereocenters.